The second kappa shape index (κ2) is 7.03. The molecule has 0 spiro atoms. The summed E-state index contributed by atoms with van der Waals surface area (Å²) < 4.78 is 0. The predicted molar refractivity (Wildman–Crippen MR) is 24.9 cm³/mol. The van der Waals surface area contributed by atoms with Gasteiger partial charge in [-0.3, -0.25) is 0 Å². The van der Waals surface area contributed by atoms with E-state index in [1.807, 2.05) is 30.6 Å². The van der Waals surface area contributed by atoms with Crippen molar-refractivity contribution in [2.45, 2.75) is 0 Å². The van der Waals surface area contributed by atoms with Gasteiger partial charge in [-0.2, -0.15) is 0 Å². The predicted octanol–water partition coefficient (Wildman–Crippen LogP) is 0.321. The molecule has 1 rings (SSSR count). The van der Waals surface area contributed by atoms with Gasteiger partial charge in [0, 0.05) is 39.4 Å². The Hall–Kier alpha value is 0.0321. The van der Waals surface area contributed by atoms with Crippen molar-refractivity contribution < 1.29 is 37.8 Å². The molecule has 8 heavy (non-hydrogen) atoms. The first-order chi connectivity index (χ1) is 3.00. The average molecular weight is 210 g/mol. The zero-order valence-corrected chi connectivity index (χ0v) is 8.58. The normalized spacial score (nSPS) is 6.00. The largest absolute Gasteiger partial charge is 0.870 e. The molecule has 0 aliphatic heterocycles. The number of aromatic amines is 1. The van der Waals surface area contributed by atoms with E-state index in [9.17, 15) is 0 Å². The molecule has 0 aromatic carbocycles. The van der Waals surface area contributed by atoms with Crippen molar-refractivity contribution in [1.82, 2.24) is 0 Å². The first-order valence-corrected chi connectivity index (χ1v) is 1.91. The Bertz CT molecular complexity index is 84.4. The Morgan fingerprint density at radius 3 is 1.50 bits per heavy atom. The molecule has 2 N–H and O–H groups in total. The molecule has 0 saturated heterocycles. The third kappa shape index (κ3) is 4.20. The molecule has 0 aliphatic carbocycles. The van der Waals surface area contributed by atoms with Gasteiger partial charge in [-0.05, 0) is 0 Å². The van der Waals surface area contributed by atoms with E-state index in [-0.39, 0.29) is 32.8 Å². The van der Waals surface area contributed by atoms with Gasteiger partial charge in [-0.1, -0.05) is 6.07 Å². The van der Waals surface area contributed by atoms with Crippen LogP contribution in [-0.2, 0) is 27.3 Å². The van der Waals surface area contributed by atoms with Crippen molar-refractivity contribution in [3.05, 3.63) is 30.6 Å². The Balaban J connectivity index is 0. The van der Waals surface area contributed by atoms with Crippen molar-refractivity contribution in [3.8, 4) is 0 Å². The zero-order chi connectivity index (χ0) is 4.24. The number of aromatic nitrogens is 1. The van der Waals surface area contributed by atoms with E-state index in [2.05, 4.69) is 4.98 Å². The average Bonchev–Trinajstić information content (AvgIpc) is 1.72. The second-order valence-corrected chi connectivity index (χ2v) is 1.08. The second-order valence-electron chi connectivity index (χ2n) is 1.08. The van der Waals surface area contributed by atoms with Gasteiger partial charge in [0.1, 0.15) is 0 Å². The van der Waals surface area contributed by atoms with Crippen LogP contribution in [0.25, 0.3) is 0 Å². The van der Waals surface area contributed by atoms with Crippen LogP contribution in [0.4, 0.5) is 0 Å². The molecule has 0 bridgehead atoms. The monoisotopic (exact) mass is 211 g/mol. The van der Waals surface area contributed by atoms with Crippen molar-refractivity contribution in [1.29, 1.82) is 0 Å². The molecule has 0 aliphatic rings. The maximum atomic E-state index is 2.89. The molecule has 0 atom stereocenters. The fourth-order valence-electron chi connectivity index (χ4n) is 0.342. The van der Waals surface area contributed by atoms with Crippen molar-refractivity contribution >= 4 is 0 Å². The Kier molecular flexibility index (Phi) is 9.60. The van der Waals surface area contributed by atoms with E-state index >= 15 is 0 Å². The van der Waals surface area contributed by atoms with Gasteiger partial charge >= 0.3 is 0 Å². The maximum absolute atomic E-state index is 2.89. The number of nitrogens with one attached hydrogen (secondary N) is 1. The SMILES string of the molecule is [Cd].[OH-].c1cc[nH+]cc1. The molecular formula is C5H7CdNO. The number of rotatable bonds is 0. The quantitative estimate of drug-likeness (QED) is 0.568. The van der Waals surface area contributed by atoms with Gasteiger partial charge < -0.3 is 5.48 Å². The third-order valence-electron chi connectivity index (χ3n) is 0.607. The van der Waals surface area contributed by atoms with Crippen LogP contribution >= 0.6 is 0 Å². The summed E-state index contributed by atoms with van der Waals surface area (Å²) in [6.45, 7) is 0. The molecule has 0 radical (unpaired) electrons. The molecule has 0 saturated carbocycles. The molecule has 40 valence electrons. The Morgan fingerprint density at radius 2 is 1.38 bits per heavy atom. The summed E-state index contributed by atoms with van der Waals surface area (Å²) in [4.78, 5) is 2.89. The molecule has 0 amide bonds. The van der Waals surface area contributed by atoms with E-state index in [0.29, 0.717) is 0 Å². The van der Waals surface area contributed by atoms with Crippen LogP contribution in [0.15, 0.2) is 30.6 Å². The standard InChI is InChI=1S/C5H5N.Cd.H2O/c1-2-4-6-5-3-1;;/h1-5H;;1H2. The molecule has 0 unspecified atom stereocenters. The molecule has 1 heterocycles. The van der Waals surface area contributed by atoms with Gasteiger partial charge in [0.25, 0.3) is 0 Å². The van der Waals surface area contributed by atoms with Gasteiger partial charge in [0.2, 0.25) is 0 Å². The fourth-order valence-corrected chi connectivity index (χ4v) is 0.342. The minimum atomic E-state index is 0. The molecular weight excluding hydrogens is 202 g/mol. The van der Waals surface area contributed by atoms with E-state index < -0.39 is 0 Å². The van der Waals surface area contributed by atoms with Crippen LogP contribution in [0.3, 0.4) is 0 Å². The van der Waals surface area contributed by atoms with Crippen LogP contribution in [0.5, 0.6) is 0 Å². The number of H-pyrrole nitrogens is 1. The minimum absolute atomic E-state index is 0. The maximum Gasteiger partial charge on any atom is 0.166 e. The van der Waals surface area contributed by atoms with Crippen molar-refractivity contribution in [2.24, 2.45) is 0 Å². The number of hydrogen-bond acceptors (Lipinski definition) is 1. The summed E-state index contributed by atoms with van der Waals surface area (Å²) in [6, 6.07) is 5.86. The summed E-state index contributed by atoms with van der Waals surface area (Å²) in [7, 11) is 0. The van der Waals surface area contributed by atoms with Crippen LogP contribution < -0.4 is 4.98 Å². The Labute approximate surface area is 68.4 Å². The third-order valence-corrected chi connectivity index (χ3v) is 0.607. The van der Waals surface area contributed by atoms with Crippen LogP contribution in [0.1, 0.15) is 0 Å². The summed E-state index contributed by atoms with van der Waals surface area (Å²) in [5.41, 5.74) is 0. The molecule has 1 aromatic rings. The first-order valence-electron chi connectivity index (χ1n) is 1.91. The summed E-state index contributed by atoms with van der Waals surface area (Å²) in [5.74, 6) is 0. The summed E-state index contributed by atoms with van der Waals surface area (Å²) >= 11 is 0. The molecule has 1 aromatic heterocycles. The van der Waals surface area contributed by atoms with Gasteiger partial charge in [0.05, 0.1) is 0 Å². The summed E-state index contributed by atoms with van der Waals surface area (Å²) in [6.07, 6.45) is 3.75. The van der Waals surface area contributed by atoms with E-state index in [4.69, 9.17) is 0 Å². The smallest absolute Gasteiger partial charge is 0.166 e. The number of hydrogen-bond donors (Lipinski definition) is 0. The first kappa shape index (κ1) is 10.9. The topological polar surface area (TPSA) is 44.1 Å². The molecule has 3 heteroatoms. The van der Waals surface area contributed by atoms with Gasteiger partial charge in [-0.25, -0.2) is 4.98 Å². The molecule has 2 nitrogen and oxygen atoms in total. The number of pyridine rings is 1. The van der Waals surface area contributed by atoms with E-state index in [0.717, 1.165) is 0 Å². The van der Waals surface area contributed by atoms with Crippen molar-refractivity contribution in [3.63, 3.8) is 0 Å². The van der Waals surface area contributed by atoms with Gasteiger partial charge in [0.15, 0.2) is 12.4 Å². The summed E-state index contributed by atoms with van der Waals surface area (Å²) in [5, 5.41) is 0. The van der Waals surface area contributed by atoms with Gasteiger partial charge in [-0.15, -0.1) is 0 Å². The van der Waals surface area contributed by atoms with E-state index in [1.165, 1.54) is 0 Å². The minimum Gasteiger partial charge on any atom is -0.870 e. The van der Waals surface area contributed by atoms with Crippen LogP contribution in [0, 0.1) is 0 Å². The molecule has 0 fully saturated rings. The van der Waals surface area contributed by atoms with E-state index in [1.54, 1.807) is 0 Å². The zero-order valence-electron chi connectivity index (χ0n) is 4.54. The Morgan fingerprint density at radius 1 is 0.875 bits per heavy atom. The van der Waals surface area contributed by atoms with Crippen LogP contribution in [-0.4, -0.2) is 5.48 Å². The fraction of sp³-hybridized carbons (Fsp3) is 0. The van der Waals surface area contributed by atoms with Crippen LogP contribution in [0.2, 0.25) is 0 Å². The van der Waals surface area contributed by atoms with Crippen molar-refractivity contribution in [2.75, 3.05) is 0 Å².